The van der Waals surface area contributed by atoms with E-state index in [1.807, 2.05) is 22.8 Å². The summed E-state index contributed by atoms with van der Waals surface area (Å²) in [7, 11) is 0. The lowest BCUT2D eigenvalue weighted by Crippen LogP contribution is -2.33. The predicted molar refractivity (Wildman–Crippen MR) is 117 cm³/mol. The molecular weight excluding hydrogens is 376 g/mol. The van der Waals surface area contributed by atoms with E-state index in [1.165, 1.54) is 11.1 Å². The average molecular weight is 407 g/mol. The molecule has 1 aliphatic rings. The second kappa shape index (κ2) is 9.87. The fourth-order valence-corrected chi connectivity index (χ4v) is 4.35. The van der Waals surface area contributed by atoms with E-state index in [0.717, 1.165) is 31.6 Å². The third-order valence-electron chi connectivity index (χ3n) is 5.92. The van der Waals surface area contributed by atoms with Crippen LogP contribution >= 0.6 is 0 Å². The molecule has 0 saturated carbocycles. The van der Waals surface area contributed by atoms with Crippen LogP contribution in [0.3, 0.4) is 0 Å². The summed E-state index contributed by atoms with van der Waals surface area (Å²) in [6.07, 6.45) is 3.07. The highest BCUT2D eigenvalue weighted by atomic mass is 16.5. The Bertz CT molecular complexity index is 968. The van der Waals surface area contributed by atoms with Gasteiger partial charge in [0.25, 0.3) is 0 Å². The number of nitrogens with one attached hydrogen (secondary N) is 1. The molecule has 30 heavy (non-hydrogen) atoms. The third-order valence-corrected chi connectivity index (χ3v) is 5.92. The predicted octanol–water partition coefficient (Wildman–Crippen LogP) is 4.08. The molecule has 0 saturated heterocycles. The molecule has 0 amide bonds. The molecule has 4 rings (SSSR count). The Labute approximate surface area is 177 Å². The highest BCUT2D eigenvalue weighted by Gasteiger charge is 2.26. The zero-order chi connectivity index (χ0) is 20.8. The quantitative estimate of drug-likeness (QED) is 0.627. The van der Waals surface area contributed by atoms with E-state index in [-0.39, 0.29) is 17.8 Å². The maximum absolute atomic E-state index is 12.3. The zero-order valence-electron chi connectivity index (χ0n) is 17.5. The summed E-state index contributed by atoms with van der Waals surface area (Å²) in [5, 5.41) is 7.00. The van der Waals surface area contributed by atoms with E-state index in [2.05, 4.69) is 64.5 Å². The van der Waals surface area contributed by atoms with Crippen LogP contribution in [0.2, 0.25) is 0 Å². The number of ether oxygens (including phenoxy) is 1. The first kappa shape index (κ1) is 20.6. The number of benzene rings is 2. The SMILES string of the molecule is CC1CCCC(c2ccccc2)N(CCOCc2ccccc2)Cc2n[nH]c(=O)n21. The second-order valence-electron chi connectivity index (χ2n) is 8.03. The van der Waals surface area contributed by atoms with Gasteiger partial charge < -0.3 is 4.74 Å². The van der Waals surface area contributed by atoms with Gasteiger partial charge in [-0.25, -0.2) is 9.89 Å². The molecule has 6 nitrogen and oxygen atoms in total. The molecule has 0 bridgehead atoms. The van der Waals surface area contributed by atoms with Crippen LogP contribution in [0.1, 0.15) is 55.2 Å². The molecule has 158 valence electrons. The summed E-state index contributed by atoms with van der Waals surface area (Å²) < 4.78 is 7.81. The third kappa shape index (κ3) is 4.89. The van der Waals surface area contributed by atoms with Gasteiger partial charge in [-0.2, -0.15) is 5.10 Å². The highest BCUT2D eigenvalue weighted by Crippen LogP contribution is 2.31. The lowest BCUT2D eigenvalue weighted by molar-refractivity contribution is 0.0699. The minimum Gasteiger partial charge on any atom is -0.375 e. The van der Waals surface area contributed by atoms with E-state index in [4.69, 9.17) is 4.74 Å². The molecule has 0 spiro atoms. The van der Waals surface area contributed by atoms with Crippen molar-refractivity contribution >= 4 is 0 Å². The van der Waals surface area contributed by atoms with Crippen molar-refractivity contribution in [2.45, 2.75) is 51.4 Å². The van der Waals surface area contributed by atoms with Crippen molar-refractivity contribution in [2.75, 3.05) is 13.2 Å². The van der Waals surface area contributed by atoms with Gasteiger partial charge in [0.05, 0.1) is 19.8 Å². The van der Waals surface area contributed by atoms with Crippen LogP contribution in [-0.2, 0) is 17.9 Å². The van der Waals surface area contributed by atoms with Crippen molar-refractivity contribution in [1.29, 1.82) is 0 Å². The molecule has 3 aromatic rings. The first-order chi connectivity index (χ1) is 14.7. The highest BCUT2D eigenvalue weighted by molar-refractivity contribution is 5.19. The van der Waals surface area contributed by atoms with Gasteiger partial charge in [-0.15, -0.1) is 0 Å². The molecule has 0 fully saturated rings. The van der Waals surface area contributed by atoms with Crippen molar-refractivity contribution in [3.63, 3.8) is 0 Å². The number of rotatable bonds is 6. The number of aromatic nitrogens is 3. The van der Waals surface area contributed by atoms with Crippen LogP contribution in [0.15, 0.2) is 65.5 Å². The van der Waals surface area contributed by atoms with E-state index in [1.54, 1.807) is 0 Å². The maximum Gasteiger partial charge on any atom is 0.343 e. The van der Waals surface area contributed by atoms with Crippen LogP contribution in [0, 0.1) is 0 Å². The smallest absolute Gasteiger partial charge is 0.343 e. The summed E-state index contributed by atoms with van der Waals surface area (Å²) in [5.74, 6) is 0.804. The molecule has 2 aromatic carbocycles. The molecular formula is C24H30N4O2. The Balaban J connectivity index is 1.53. The van der Waals surface area contributed by atoms with Crippen molar-refractivity contribution in [3.05, 3.63) is 88.1 Å². The number of aromatic amines is 1. The molecule has 2 unspecified atom stereocenters. The lowest BCUT2D eigenvalue weighted by Gasteiger charge is -2.31. The number of H-pyrrole nitrogens is 1. The largest absolute Gasteiger partial charge is 0.375 e. The van der Waals surface area contributed by atoms with E-state index in [9.17, 15) is 4.79 Å². The molecule has 0 radical (unpaired) electrons. The van der Waals surface area contributed by atoms with Gasteiger partial charge in [0.15, 0.2) is 0 Å². The van der Waals surface area contributed by atoms with Crippen LogP contribution in [0.5, 0.6) is 0 Å². The molecule has 1 aliphatic heterocycles. The standard InChI is InChI=1S/C24H30N4O2/c1-19-9-8-14-22(21-12-6-3-7-13-21)27(17-23-25-26-24(29)28(19)23)15-16-30-18-20-10-4-2-5-11-20/h2-7,10-13,19,22H,8-9,14-18H2,1H3,(H,26,29). The van der Waals surface area contributed by atoms with Crippen molar-refractivity contribution in [2.24, 2.45) is 0 Å². The van der Waals surface area contributed by atoms with Gasteiger partial charge in [0.1, 0.15) is 5.82 Å². The van der Waals surface area contributed by atoms with Gasteiger partial charge in [-0.3, -0.25) is 9.47 Å². The lowest BCUT2D eigenvalue weighted by atomic mass is 9.98. The van der Waals surface area contributed by atoms with Gasteiger partial charge in [0, 0.05) is 18.6 Å². The molecule has 2 atom stereocenters. The fraction of sp³-hybridized carbons (Fsp3) is 0.417. The number of hydrogen-bond donors (Lipinski definition) is 1. The Morgan fingerprint density at radius 2 is 1.80 bits per heavy atom. The Kier molecular flexibility index (Phi) is 6.77. The van der Waals surface area contributed by atoms with Crippen LogP contribution < -0.4 is 5.69 Å². The van der Waals surface area contributed by atoms with Gasteiger partial charge >= 0.3 is 5.69 Å². The molecule has 6 heteroatoms. The van der Waals surface area contributed by atoms with Crippen LogP contribution in [0.25, 0.3) is 0 Å². The van der Waals surface area contributed by atoms with Crippen molar-refractivity contribution < 1.29 is 4.74 Å². The Hall–Kier alpha value is -2.70. The molecule has 1 aromatic heterocycles. The van der Waals surface area contributed by atoms with E-state index in [0.29, 0.717) is 19.8 Å². The first-order valence-electron chi connectivity index (χ1n) is 10.8. The summed E-state index contributed by atoms with van der Waals surface area (Å²) in [4.78, 5) is 14.7. The first-order valence-corrected chi connectivity index (χ1v) is 10.8. The molecule has 2 heterocycles. The van der Waals surface area contributed by atoms with Gasteiger partial charge in [0.2, 0.25) is 0 Å². The average Bonchev–Trinajstić information content (AvgIpc) is 3.16. The van der Waals surface area contributed by atoms with E-state index < -0.39 is 0 Å². The van der Waals surface area contributed by atoms with Crippen LogP contribution in [0.4, 0.5) is 0 Å². The van der Waals surface area contributed by atoms with Crippen molar-refractivity contribution in [1.82, 2.24) is 19.7 Å². The molecule has 1 N–H and O–H groups in total. The summed E-state index contributed by atoms with van der Waals surface area (Å²) in [6, 6.07) is 21.3. The minimum absolute atomic E-state index is 0.115. The van der Waals surface area contributed by atoms with Gasteiger partial charge in [-0.1, -0.05) is 60.7 Å². The zero-order valence-corrected chi connectivity index (χ0v) is 17.5. The number of nitrogens with zero attached hydrogens (tertiary/aromatic N) is 3. The van der Waals surface area contributed by atoms with E-state index >= 15 is 0 Å². The molecule has 0 aliphatic carbocycles. The summed E-state index contributed by atoms with van der Waals surface area (Å²) in [5.41, 5.74) is 2.37. The van der Waals surface area contributed by atoms with Gasteiger partial charge in [-0.05, 0) is 37.3 Å². The summed E-state index contributed by atoms with van der Waals surface area (Å²) >= 11 is 0. The summed E-state index contributed by atoms with van der Waals surface area (Å²) in [6.45, 7) is 4.74. The van der Waals surface area contributed by atoms with Crippen molar-refractivity contribution in [3.8, 4) is 0 Å². The maximum atomic E-state index is 12.3. The Morgan fingerprint density at radius 3 is 2.57 bits per heavy atom. The fourth-order valence-electron chi connectivity index (χ4n) is 4.35. The monoisotopic (exact) mass is 406 g/mol. The number of hydrogen-bond acceptors (Lipinski definition) is 4. The number of fused-ring (bicyclic) bond motifs is 1. The topological polar surface area (TPSA) is 63.1 Å². The van der Waals surface area contributed by atoms with Crippen LogP contribution in [-0.4, -0.2) is 32.8 Å². The Morgan fingerprint density at radius 1 is 1.07 bits per heavy atom. The minimum atomic E-state index is -0.115. The second-order valence-corrected chi connectivity index (χ2v) is 8.03. The normalized spacial score (nSPS) is 20.2.